The Hall–Kier alpha value is -2.74. The van der Waals surface area contributed by atoms with Gasteiger partial charge in [-0.3, -0.25) is 4.79 Å². The molecule has 39 heavy (non-hydrogen) atoms. The summed E-state index contributed by atoms with van der Waals surface area (Å²) in [6, 6.07) is 5.41. The quantitative estimate of drug-likeness (QED) is 0.126. The number of halogens is 2. The summed E-state index contributed by atoms with van der Waals surface area (Å²) in [4.78, 5) is 24.9. The van der Waals surface area contributed by atoms with Crippen LogP contribution in [0.5, 0.6) is 0 Å². The zero-order chi connectivity index (χ0) is 29.0. The molecule has 0 saturated heterocycles. The molecule has 1 amide bonds. The van der Waals surface area contributed by atoms with E-state index in [0.717, 1.165) is 18.7 Å². The number of ether oxygens (including phenoxy) is 2. The molecule has 0 saturated carbocycles. The van der Waals surface area contributed by atoms with Crippen LogP contribution in [0.25, 0.3) is 11.2 Å². The summed E-state index contributed by atoms with van der Waals surface area (Å²) < 4.78 is 13.4. The lowest BCUT2D eigenvalue weighted by Crippen LogP contribution is -2.46. The number of aromatic nitrogens is 4. The molecule has 216 valence electrons. The molecule has 0 aliphatic carbocycles. The van der Waals surface area contributed by atoms with Crippen LogP contribution in [0.3, 0.4) is 0 Å². The fourth-order valence-electron chi connectivity index (χ4n) is 3.73. The van der Waals surface area contributed by atoms with Crippen molar-refractivity contribution < 1.29 is 19.4 Å². The Morgan fingerprint density at radius 3 is 2.59 bits per heavy atom. The van der Waals surface area contributed by atoms with Crippen molar-refractivity contribution in [2.75, 3.05) is 51.9 Å². The zero-order valence-electron chi connectivity index (χ0n) is 22.9. The molecule has 0 spiro atoms. The van der Waals surface area contributed by atoms with Crippen molar-refractivity contribution in [3.63, 3.8) is 0 Å². The van der Waals surface area contributed by atoms with Gasteiger partial charge in [-0.15, -0.1) is 0 Å². The number of rotatable bonds is 14. The summed E-state index contributed by atoms with van der Waals surface area (Å²) in [6.45, 7) is 5.46. The van der Waals surface area contributed by atoms with Gasteiger partial charge in [0.25, 0.3) is 0 Å². The molecule has 2 heterocycles. The minimum absolute atomic E-state index is 0.306. The SMILES string of the molecule is CNc1ccc(Cl)c(Cl)c1.COC(CN(C)CCCNC=O)[C@H](Cn1cnc2c(N)ncnc21)OC(C)(C)O. The van der Waals surface area contributed by atoms with Crippen LogP contribution in [-0.2, 0) is 20.8 Å². The number of nitrogens with zero attached hydrogens (tertiary/aromatic N) is 5. The first-order valence-corrected chi connectivity index (χ1v) is 13.1. The number of carbonyl (C=O) groups excluding carboxylic acids is 1. The number of amides is 1. The van der Waals surface area contributed by atoms with Gasteiger partial charge in [-0.2, -0.15) is 0 Å². The molecule has 2 aromatic heterocycles. The fourth-order valence-corrected chi connectivity index (χ4v) is 4.03. The van der Waals surface area contributed by atoms with E-state index >= 15 is 0 Å². The van der Waals surface area contributed by atoms with E-state index in [1.165, 1.54) is 6.33 Å². The molecule has 0 bridgehead atoms. The summed E-state index contributed by atoms with van der Waals surface area (Å²) in [6.07, 6.45) is 3.70. The lowest BCUT2D eigenvalue weighted by molar-refractivity contribution is -0.231. The number of nitrogens with two attached hydrogens (primary N) is 1. The molecule has 0 fully saturated rings. The van der Waals surface area contributed by atoms with Crippen LogP contribution in [0.2, 0.25) is 10.0 Å². The summed E-state index contributed by atoms with van der Waals surface area (Å²) in [5.74, 6) is -1.04. The molecule has 1 unspecified atom stereocenters. The minimum Gasteiger partial charge on any atom is -0.388 e. The Morgan fingerprint density at radius 2 is 1.97 bits per heavy atom. The zero-order valence-corrected chi connectivity index (χ0v) is 24.4. The average molecular weight is 586 g/mol. The van der Waals surface area contributed by atoms with Gasteiger partial charge in [0.1, 0.15) is 17.9 Å². The monoisotopic (exact) mass is 584 g/mol. The van der Waals surface area contributed by atoms with Crippen LogP contribution in [0.15, 0.2) is 30.9 Å². The van der Waals surface area contributed by atoms with E-state index in [2.05, 4.69) is 30.5 Å². The smallest absolute Gasteiger partial charge is 0.207 e. The highest BCUT2D eigenvalue weighted by Gasteiger charge is 2.30. The third kappa shape index (κ3) is 10.7. The number of hydrogen-bond donors (Lipinski definition) is 4. The Kier molecular flexibility index (Phi) is 13.1. The van der Waals surface area contributed by atoms with Gasteiger partial charge in [0.2, 0.25) is 6.41 Å². The number of methoxy groups -OCH3 is 1. The number of hydrogen-bond acceptors (Lipinski definition) is 10. The Balaban J connectivity index is 0.000000446. The molecule has 14 heteroatoms. The van der Waals surface area contributed by atoms with Crippen LogP contribution in [-0.4, -0.2) is 94.8 Å². The Bertz CT molecular complexity index is 1170. The molecule has 3 rings (SSSR count). The fraction of sp³-hybridized carbons (Fsp3) is 0.520. The molecule has 1 aromatic carbocycles. The highest BCUT2D eigenvalue weighted by Crippen LogP contribution is 2.24. The van der Waals surface area contributed by atoms with Crippen LogP contribution >= 0.6 is 23.2 Å². The largest absolute Gasteiger partial charge is 0.388 e. The molecular formula is C25H38Cl2N8O4. The maximum atomic E-state index is 10.4. The lowest BCUT2D eigenvalue weighted by Gasteiger charge is -2.34. The Morgan fingerprint density at radius 1 is 1.23 bits per heavy atom. The second-order valence-electron chi connectivity index (χ2n) is 9.27. The van der Waals surface area contributed by atoms with E-state index in [4.69, 9.17) is 38.4 Å². The normalized spacial score (nSPS) is 13.1. The number of aliphatic hydroxyl groups is 1. The highest BCUT2D eigenvalue weighted by atomic mass is 35.5. The first kappa shape index (κ1) is 32.5. The topological polar surface area (TPSA) is 153 Å². The van der Waals surface area contributed by atoms with Crippen molar-refractivity contribution in [3.8, 4) is 0 Å². The van der Waals surface area contributed by atoms with E-state index in [1.807, 2.05) is 24.7 Å². The maximum absolute atomic E-state index is 10.4. The average Bonchev–Trinajstić information content (AvgIpc) is 3.30. The standard InChI is InChI=1S/C18H31N7O4.C7H7Cl2N/c1-18(2,27)29-14(13(28-4)8-24(3)7-5-6-20-12-26)9-25-11-23-15-16(19)21-10-22-17(15)25;1-10-5-2-3-6(8)7(9)4-5/h10-14,27H,5-9H2,1-4H3,(H,20,26)(H2,19,21,22);2-4,10H,1H3/t13?,14-;/m0./s1. The number of likely N-dealkylation sites (N-methyl/N-ethyl adjacent to an activating group) is 1. The molecular weight excluding hydrogens is 547 g/mol. The van der Waals surface area contributed by atoms with Crippen molar-refractivity contribution >= 4 is 52.3 Å². The third-order valence-corrected chi connectivity index (χ3v) is 6.35. The second kappa shape index (κ2) is 15.8. The van der Waals surface area contributed by atoms with Crippen molar-refractivity contribution in [2.24, 2.45) is 0 Å². The van der Waals surface area contributed by atoms with E-state index in [-0.39, 0.29) is 6.10 Å². The lowest BCUT2D eigenvalue weighted by atomic mass is 10.1. The van der Waals surface area contributed by atoms with Gasteiger partial charge in [-0.05, 0) is 52.1 Å². The number of nitrogens with one attached hydrogen (secondary N) is 2. The number of fused-ring (bicyclic) bond motifs is 1. The van der Waals surface area contributed by atoms with Crippen molar-refractivity contribution in [1.29, 1.82) is 0 Å². The van der Waals surface area contributed by atoms with Gasteiger partial charge >= 0.3 is 0 Å². The number of anilines is 2. The van der Waals surface area contributed by atoms with Gasteiger partial charge in [0.15, 0.2) is 17.3 Å². The first-order valence-electron chi connectivity index (χ1n) is 12.3. The highest BCUT2D eigenvalue weighted by molar-refractivity contribution is 6.42. The van der Waals surface area contributed by atoms with E-state index in [9.17, 15) is 9.90 Å². The van der Waals surface area contributed by atoms with Crippen LogP contribution in [0.1, 0.15) is 20.3 Å². The van der Waals surface area contributed by atoms with E-state index < -0.39 is 11.9 Å². The minimum atomic E-state index is -1.35. The van der Waals surface area contributed by atoms with E-state index in [0.29, 0.717) is 53.1 Å². The van der Waals surface area contributed by atoms with Crippen molar-refractivity contribution in [1.82, 2.24) is 29.7 Å². The predicted molar refractivity (Wildman–Crippen MR) is 154 cm³/mol. The molecule has 2 atom stereocenters. The maximum Gasteiger partial charge on any atom is 0.207 e. The van der Waals surface area contributed by atoms with Gasteiger partial charge in [0, 0.05) is 32.9 Å². The molecule has 12 nitrogen and oxygen atoms in total. The van der Waals surface area contributed by atoms with Crippen molar-refractivity contribution in [2.45, 2.75) is 44.8 Å². The molecule has 5 N–H and O–H groups in total. The van der Waals surface area contributed by atoms with Crippen LogP contribution in [0, 0.1) is 0 Å². The molecule has 0 radical (unpaired) electrons. The summed E-state index contributed by atoms with van der Waals surface area (Å²) in [5, 5.41) is 17.0. The van der Waals surface area contributed by atoms with Gasteiger partial charge in [-0.1, -0.05) is 23.2 Å². The van der Waals surface area contributed by atoms with Crippen LogP contribution < -0.4 is 16.4 Å². The molecule has 0 aliphatic heterocycles. The van der Waals surface area contributed by atoms with Gasteiger partial charge in [0.05, 0.1) is 29.0 Å². The molecule has 0 aliphatic rings. The predicted octanol–water partition coefficient (Wildman–Crippen LogP) is 2.64. The summed E-state index contributed by atoms with van der Waals surface area (Å²) in [7, 11) is 5.41. The number of benzene rings is 1. The number of carbonyl (C=O) groups is 1. The third-order valence-electron chi connectivity index (χ3n) is 5.61. The van der Waals surface area contributed by atoms with Crippen molar-refractivity contribution in [3.05, 3.63) is 40.9 Å². The number of imidazole rings is 1. The summed E-state index contributed by atoms with van der Waals surface area (Å²) >= 11 is 11.4. The van der Waals surface area contributed by atoms with Gasteiger partial charge in [-0.25, -0.2) is 15.0 Å². The summed E-state index contributed by atoms with van der Waals surface area (Å²) in [5.41, 5.74) is 7.94. The first-order chi connectivity index (χ1) is 18.5. The second-order valence-corrected chi connectivity index (χ2v) is 10.1. The Labute approximate surface area is 238 Å². The molecule has 3 aromatic rings. The van der Waals surface area contributed by atoms with Gasteiger partial charge < -0.3 is 40.4 Å². The van der Waals surface area contributed by atoms with Crippen LogP contribution in [0.4, 0.5) is 11.5 Å². The number of nitrogen functional groups attached to an aromatic ring is 1. The van der Waals surface area contributed by atoms with E-state index in [1.54, 1.807) is 39.4 Å².